The molecular weight excluding hydrogens is 328 g/mol. The van der Waals surface area contributed by atoms with E-state index in [1.54, 1.807) is 18.2 Å². The zero-order valence-corrected chi connectivity index (χ0v) is 15.0. The molecule has 0 aliphatic carbocycles. The fourth-order valence-corrected chi connectivity index (χ4v) is 3.70. The third-order valence-electron chi connectivity index (χ3n) is 3.01. The average molecular weight is 353 g/mol. The molecule has 0 aliphatic rings. The number of nitrogens with two attached hydrogens (primary N) is 1. The highest BCUT2D eigenvalue weighted by molar-refractivity contribution is 7.89. The minimum atomic E-state index is -3.78. The molecule has 0 amide bonds. The lowest BCUT2D eigenvalue weighted by Crippen LogP contribution is -2.41. The minimum absolute atomic E-state index is 0. The summed E-state index contributed by atoms with van der Waals surface area (Å²) in [4.78, 5) is -0.00259. The van der Waals surface area contributed by atoms with Crippen LogP contribution >= 0.6 is 12.4 Å². The van der Waals surface area contributed by atoms with Crippen LogP contribution in [-0.4, -0.2) is 35.2 Å². The Morgan fingerprint density at radius 3 is 2.05 bits per heavy atom. The van der Waals surface area contributed by atoms with E-state index in [0.717, 1.165) is 0 Å². The minimum Gasteiger partial charge on any atom is -0.495 e. The predicted molar refractivity (Wildman–Crippen MR) is 89.4 cm³/mol. The van der Waals surface area contributed by atoms with Gasteiger partial charge in [0.15, 0.2) is 4.90 Å². The number of sulfonamides is 1. The molecule has 0 fully saturated rings. The summed E-state index contributed by atoms with van der Waals surface area (Å²) in [6.45, 7) is 4.26. The van der Waals surface area contributed by atoms with Crippen molar-refractivity contribution in [2.45, 2.75) is 31.2 Å². The van der Waals surface area contributed by atoms with Crippen LogP contribution in [0.5, 0.6) is 11.5 Å². The van der Waals surface area contributed by atoms with E-state index in [2.05, 4.69) is 4.72 Å². The van der Waals surface area contributed by atoms with Crippen molar-refractivity contribution in [3.63, 3.8) is 0 Å². The average Bonchev–Trinajstić information content (AvgIpc) is 2.44. The highest BCUT2D eigenvalue weighted by atomic mass is 35.5. The van der Waals surface area contributed by atoms with Crippen LogP contribution in [0.2, 0.25) is 0 Å². The van der Waals surface area contributed by atoms with E-state index < -0.39 is 10.0 Å². The first-order valence-electron chi connectivity index (χ1n) is 6.79. The molecule has 1 aromatic rings. The maximum Gasteiger partial charge on any atom is 0.248 e. The Morgan fingerprint density at radius 1 is 1.18 bits per heavy atom. The lowest BCUT2D eigenvalue weighted by Gasteiger charge is -2.20. The number of hydrogen-bond donors (Lipinski definition) is 2. The Kier molecular flexibility index (Phi) is 8.77. The van der Waals surface area contributed by atoms with Crippen molar-refractivity contribution >= 4 is 22.4 Å². The van der Waals surface area contributed by atoms with Crippen LogP contribution in [-0.2, 0) is 10.0 Å². The number of methoxy groups -OCH3 is 2. The fourth-order valence-electron chi connectivity index (χ4n) is 2.12. The first-order chi connectivity index (χ1) is 9.85. The summed E-state index contributed by atoms with van der Waals surface area (Å²) in [5.41, 5.74) is 5.66. The number of benzene rings is 1. The van der Waals surface area contributed by atoms with Crippen LogP contribution in [0.15, 0.2) is 23.1 Å². The monoisotopic (exact) mass is 352 g/mol. The van der Waals surface area contributed by atoms with Gasteiger partial charge in [0.05, 0.1) is 14.2 Å². The lowest BCUT2D eigenvalue weighted by atomic mass is 10.1. The number of ether oxygens (including phenoxy) is 2. The molecule has 3 N–H and O–H groups in total. The quantitative estimate of drug-likeness (QED) is 0.744. The van der Waals surface area contributed by atoms with Crippen molar-refractivity contribution in [3.8, 4) is 11.5 Å². The Hall–Kier alpha value is -1.02. The van der Waals surface area contributed by atoms with Crippen LogP contribution < -0.4 is 19.9 Å². The molecule has 0 spiro atoms. The first-order valence-corrected chi connectivity index (χ1v) is 8.27. The standard InChI is InChI=1S/C14H24N2O4S.ClH/c1-10(2)8-11(9-15)16-21(17,18)14-12(19-3)6-5-7-13(14)20-4;/h5-7,10-11,16H,8-9,15H2,1-4H3;1H. The van der Waals surface area contributed by atoms with Crippen LogP contribution in [0.3, 0.4) is 0 Å². The molecule has 22 heavy (non-hydrogen) atoms. The van der Waals surface area contributed by atoms with E-state index in [-0.39, 0.29) is 41.4 Å². The lowest BCUT2D eigenvalue weighted by molar-refractivity contribution is 0.372. The molecule has 1 unspecified atom stereocenters. The molecule has 1 aromatic carbocycles. The van der Waals surface area contributed by atoms with Crippen molar-refractivity contribution in [1.82, 2.24) is 4.72 Å². The third-order valence-corrected chi connectivity index (χ3v) is 4.60. The second-order valence-corrected chi connectivity index (χ2v) is 6.83. The Morgan fingerprint density at radius 2 is 1.68 bits per heavy atom. The molecule has 8 heteroatoms. The number of halogens is 1. The molecule has 0 saturated carbocycles. The van der Waals surface area contributed by atoms with Gasteiger partial charge in [0.2, 0.25) is 10.0 Å². The molecule has 0 saturated heterocycles. The van der Waals surface area contributed by atoms with Crippen LogP contribution in [0.25, 0.3) is 0 Å². The van der Waals surface area contributed by atoms with Crippen molar-refractivity contribution in [3.05, 3.63) is 18.2 Å². The van der Waals surface area contributed by atoms with Gasteiger partial charge in [-0.3, -0.25) is 0 Å². The summed E-state index contributed by atoms with van der Waals surface area (Å²) in [5.74, 6) is 0.810. The van der Waals surface area contributed by atoms with E-state index in [0.29, 0.717) is 12.3 Å². The molecule has 1 rings (SSSR count). The molecule has 128 valence electrons. The van der Waals surface area contributed by atoms with Gasteiger partial charge in [0.1, 0.15) is 11.5 Å². The van der Waals surface area contributed by atoms with Gasteiger partial charge in [-0.1, -0.05) is 19.9 Å². The van der Waals surface area contributed by atoms with Gasteiger partial charge in [0.25, 0.3) is 0 Å². The summed E-state index contributed by atoms with van der Waals surface area (Å²) in [7, 11) is -0.945. The van der Waals surface area contributed by atoms with Crippen LogP contribution in [0.4, 0.5) is 0 Å². The molecular formula is C14H25ClN2O4S. The van der Waals surface area contributed by atoms with Gasteiger partial charge in [-0.15, -0.1) is 12.4 Å². The van der Waals surface area contributed by atoms with E-state index in [9.17, 15) is 8.42 Å². The van der Waals surface area contributed by atoms with Gasteiger partial charge in [-0.05, 0) is 24.5 Å². The Bertz CT molecular complexity index is 542. The zero-order valence-electron chi connectivity index (χ0n) is 13.3. The van der Waals surface area contributed by atoms with E-state index in [1.165, 1.54) is 14.2 Å². The Balaban J connectivity index is 0.00000441. The van der Waals surface area contributed by atoms with Crippen molar-refractivity contribution in [2.24, 2.45) is 11.7 Å². The maximum atomic E-state index is 12.6. The highest BCUT2D eigenvalue weighted by Crippen LogP contribution is 2.32. The predicted octanol–water partition coefficient (Wildman–Crippen LogP) is 1.78. The zero-order chi connectivity index (χ0) is 16.0. The normalized spacial score (nSPS) is 12.6. The molecule has 0 aliphatic heterocycles. The molecule has 6 nitrogen and oxygen atoms in total. The largest absolute Gasteiger partial charge is 0.495 e. The van der Waals surface area contributed by atoms with Gasteiger partial charge in [-0.25, -0.2) is 13.1 Å². The van der Waals surface area contributed by atoms with Crippen molar-refractivity contribution in [2.75, 3.05) is 20.8 Å². The molecule has 0 radical (unpaired) electrons. The second kappa shape index (κ2) is 9.19. The Labute approximate surface area is 138 Å². The summed E-state index contributed by atoms with van der Waals surface area (Å²) in [5, 5.41) is 0. The SMILES string of the molecule is COc1cccc(OC)c1S(=O)(=O)NC(CN)CC(C)C.Cl. The van der Waals surface area contributed by atoms with E-state index in [1.807, 2.05) is 13.8 Å². The van der Waals surface area contributed by atoms with Crippen LogP contribution in [0, 0.1) is 5.92 Å². The summed E-state index contributed by atoms with van der Waals surface area (Å²) >= 11 is 0. The maximum absolute atomic E-state index is 12.6. The van der Waals surface area contributed by atoms with Crippen molar-refractivity contribution in [1.29, 1.82) is 0 Å². The smallest absolute Gasteiger partial charge is 0.248 e. The van der Waals surface area contributed by atoms with Gasteiger partial charge in [0, 0.05) is 12.6 Å². The second-order valence-electron chi connectivity index (χ2n) is 5.18. The van der Waals surface area contributed by atoms with Gasteiger partial charge in [-0.2, -0.15) is 0 Å². The number of nitrogens with one attached hydrogen (secondary N) is 1. The van der Waals surface area contributed by atoms with Gasteiger partial charge >= 0.3 is 0 Å². The van der Waals surface area contributed by atoms with Crippen molar-refractivity contribution < 1.29 is 17.9 Å². The molecule has 0 aromatic heterocycles. The van der Waals surface area contributed by atoms with Crippen LogP contribution in [0.1, 0.15) is 20.3 Å². The topological polar surface area (TPSA) is 90.6 Å². The highest BCUT2D eigenvalue weighted by Gasteiger charge is 2.27. The molecule has 0 bridgehead atoms. The summed E-state index contributed by atoms with van der Waals surface area (Å²) in [6.07, 6.45) is 0.660. The van der Waals surface area contributed by atoms with Gasteiger partial charge < -0.3 is 15.2 Å². The molecule has 0 heterocycles. The van der Waals surface area contributed by atoms with E-state index in [4.69, 9.17) is 15.2 Å². The number of rotatable bonds is 8. The summed E-state index contributed by atoms with van der Waals surface area (Å²) < 4.78 is 38.1. The summed E-state index contributed by atoms with van der Waals surface area (Å²) in [6, 6.07) is 4.50. The number of hydrogen-bond acceptors (Lipinski definition) is 5. The third kappa shape index (κ3) is 5.31. The van der Waals surface area contributed by atoms with E-state index >= 15 is 0 Å². The molecule has 1 atom stereocenters. The fraction of sp³-hybridized carbons (Fsp3) is 0.571. The first kappa shape index (κ1) is 21.0.